The van der Waals surface area contributed by atoms with Crippen LogP contribution in [-0.4, -0.2) is 29.2 Å². The van der Waals surface area contributed by atoms with E-state index in [9.17, 15) is 0 Å². The van der Waals surface area contributed by atoms with Crippen LogP contribution in [0.25, 0.3) is 0 Å². The molecule has 1 aromatic heterocycles. The minimum absolute atomic E-state index is 0. The molecule has 154 valence electrons. The third-order valence-electron chi connectivity index (χ3n) is 4.35. The first-order valence-corrected chi connectivity index (χ1v) is 9.49. The Kier molecular flexibility index (Phi) is 9.49. The van der Waals surface area contributed by atoms with Gasteiger partial charge in [-0.15, -0.1) is 24.0 Å². The number of para-hydroxylation sites is 1. The lowest BCUT2D eigenvalue weighted by Gasteiger charge is -2.15. The summed E-state index contributed by atoms with van der Waals surface area (Å²) in [5.41, 5.74) is 2.34. The van der Waals surface area contributed by atoms with Crippen molar-refractivity contribution in [2.24, 2.45) is 4.99 Å². The molecule has 0 amide bonds. The number of hydrogen-bond donors (Lipinski definition) is 2. The van der Waals surface area contributed by atoms with Gasteiger partial charge in [-0.2, -0.15) is 0 Å². The van der Waals surface area contributed by atoms with Crippen LogP contribution in [-0.2, 0) is 19.6 Å². The first-order chi connectivity index (χ1) is 13.8. The highest BCUT2D eigenvalue weighted by atomic mass is 127. The van der Waals surface area contributed by atoms with Crippen LogP contribution in [0.5, 0.6) is 5.75 Å². The maximum Gasteiger partial charge on any atom is 0.191 e. The molecule has 0 aliphatic heterocycles. The number of aliphatic imine (C=N–C) groups is 1. The first kappa shape index (κ1) is 22.7. The van der Waals surface area contributed by atoms with Gasteiger partial charge in [0.25, 0.3) is 0 Å². The van der Waals surface area contributed by atoms with Crippen LogP contribution in [0, 0.1) is 0 Å². The van der Waals surface area contributed by atoms with Gasteiger partial charge in [-0.3, -0.25) is 4.99 Å². The number of nitrogens with zero attached hydrogens (tertiary/aromatic N) is 3. The van der Waals surface area contributed by atoms with Gasteiger partial charge >= 0.3 is 0 Å². The molecule has 1 heterocycles. The molecule has 7 heteroatoms. The Bertz CT molecular complexity index is 895. The predicted octanol–water partition coefficient (Wildman–Crippen LogP) is 3.81. The number of nitrogens with one attached hydrogen (secondary N) is 2. The first-order valence-electron chi connectivity index (χ1n) is 9.49. The van der Waals surface area contributed by atoms with E-state index in [1.54, 1.807) is 7.05 Å². The molecule has 0 aliphatic carbocycles. The summed E-state index contributed by atoms with van der Waals surface area (Å²) in [6, 6.07) is 18.4. The van der Waals surface area contributed by atoms with E-state index in [0.29, 0.717) is 19.7 Å². The fourth-order valence-electron chi connectivity index (χ4n) is 2.94. The van der Waals surface area contributed by atoms with Gasteiger partial charge in [0.15, 0.2) is 5.96 Å². The molecule has 0 atom stereocenters. The van der Waals surface area contributed by atoms with E-state index in [1.165, 1.54) is 5.56 Å². The molecular weight excluding hydrogens is 477 g/mol. The van der Waals surface area contributed by atoms with Crippen molar-refractivity contribution in [3.63, 3.8) is 0 Å². The van der Waals surface area contributed by atoms with Crippen molar-refractivity contribution in [2.75, 3.05) is 13.7 Å². The van der Waals surface area contributed by atoms with E-state index < -0.39 is 0 Å². The normalized spacial score (nSPS) is 10.9. The SMILES string of the molecule is CCOc1ccccc1CNC(=NC)NCc1nccn1Cc1ccccc1.I. The number of guanidine groups is 1. The molecular formula is C22H28IN5O. The lowest BCUT2D eigenvalue weighted by molar-refractivity contribution is 0.336. The molecule has 3 aromatic rings. The Balaban J connectivity index is 0.00000300. The molecule has 0 radical (unpaired) electrons. The summed E-state index contributed by atoms with van der Waals surface area (Å²) >= 11 is 0. The average Bonchev–Trinajstić information content (AvgIpc) is 3.17. The lowest BCUT2D eigenvalue weighted by Crippen LogP contribution is -2.37. The molecule has 2 aromatic carbocycles. The highest BCUT2D eigenvalue weighted by molar-refractivity contribution is 14.0. The Morgan fingerprint density at radius 2 is 1.76 bits per heavy atom. The smallest absolute Gasteiger partial charge is 0.191 e. The van der Waals surface area contributed by atoms with Crippen LogP contribution in [0.2, 0.25) is 0 Å². The van der Waals surface area contributed by atoms with E-state index in [1.807, 2.05) is 43.6 Å². The molecule has 0 spiro atoms. The van der Waals surface area contributed by atoms with Crippen molar-refractivity contribution in [2.45, 2.75) is 26.6 Å². The second-order valence-corrected chi connectivity index (χ2v) is 6.28. The predicted molar refractivity (Wildman–Crippen MR) is 128 cm³/mol. The maximum absolute atomic E-state index is 5.68. The summed E-state index contributed by atoms with van der Waals surface area (Å²) in [4.78, 5) is 8.78. The standard InChI is InChI=1S/C22H27N5O.HI/c1-3-28-20-12-8-7-11-19(20)15-25-22(23-2)26-16-21-24-13-14-27(21)17-18-9-5-4-6-10-18;/h4-14H,3,15-17H2,1-2H3,(H2,23,25,26);1H. The number of ether oxygens (including phenoxy) is 1. The van der Waals surface area contributed by atoms with E-state index >= 15 is 0 Å². The number of benzene rings is 2. The third kappa shape index (κ3) is 6.77. The molecule has 3 rings (SSSR count). The van der Waals surface area contributed by atoms with Gasteiger partial charge in [0.1, 0.15) is 11.6 Å². The summed E-state index contributed by atoms with van der Waals surface area (Å²) in [7, 11) is 1.76. The lowest BCUT2D eigenvalue weighted by atomic mass is 10.2. The van der Waals surface area contributed by atoms with Crippen molar-refractivity contribution in [1.82, 2.24) is 20.2 Å². The van der Waals surface area contributed by atoms with Gasteiger partial charge in [-0.1, -0.05) is 48.5 Å². The third-order valence-corrected chi connectivity index (χ3v) is 4.35. The molecule has 0 fully saturated rings. The molecule has 0 saturated heterocycles. The van der Waals surface area contributed by atoms with Gasteiger partial charge in [0.05, 0.1) is 13.2 Å². The Hall–Kier alpha value is -2.55. The molecule has 0 unspecified atom stereocenters. The Labute approximate surface area is 189 Å². The van der Waals surface area contributed by atoms with Crippen LogP contribution in [0.1, 0.15) is 23.9 Å². The number of rotatable bonds is 8. The zero-order chi connectivity index (χ0) is 19.6. The second-order valence-electron chi connectivity index (χ2n) is 6.28. The quantitative estimate of drug-likeness (QED) is 0.278. The highest BCUT2D eigenvalue weighted by Gasteiger charge is 2.07. The van der Waals surface area contributed by atoms with Gasteiger partial charge < -0.3 is 19.9 Å². The molecule has 2 N–H and O–H groups in total. The van der Waals surface area contributed by atoms with Crippen LogP contribution in [0.3, 0.4) is 0 Å². The zero-order valence-electron chi connectivity index (χ0n) is 16.8. The minimum Gasteiger partial charge on any atom is -0.494 e. The summed E-state index contributed by atoms with van der Waals surface area (Å²) in [6.45, 7) is 4.66. The zero-order valence-corrected chi connectivity index (χ0v) is 19.2. The Morgan fingerprint density at radius 3 is 2.52 bits per heavy atom. The van der Waals surface area contributed by atoms with E-state index in [0.717, 1.165) is 29.6 Å². The van der Waals surface area contributed by atoms with Gasteiger partial charge in [0.2, 0.25) is 0 Å². The van der Waals surface area contributed by atoms with Gasteiger partial charge in [-0.05, 0) is 18.6 Å². The number of halogens is 1. The summed E-state index contributed by atoms with van der Waals surface area (Å²) in [5, 5.41) is 6.67. The van der Waals surface area contributed by atoms with Crippen LogP contribution < -0.4 is 15.4 Å². The monoisotopic (exact) mass is 505 g/mol. The van der Waals surface area contributed by atoms with Crippen LogP contribution >= 0.6 is 24.0 Å². The Morgan fingerprint density at radius 1 is 1.03 bits per heavy atom. The topological polar surface area (TPSA) is 63.5 Å². The van der Waals surface area contributed by atoms with Gasteiger partial charge in [-0.25, -0.2) is 4.98 Å². The van der Waals surface area contributed by atoms with E-state index in [-0.39, 0.29) is 24.0 Å². The van der Waals surface area contributed by atoms with Crippen LogP contribution in [0.15, 0.2) is 72.0 Å². The summed E-state index contributed by atoms with van der Waals surface area (Å²) in [6.07, 6.45) is 3.83. The maximum atomic E-state index is 5.68. The number of imidazole rings is 1. The number of aromatic nitrogens is 2. The van der Waals surface area contributed by atoms with Crippen LogP contribution in [0.4, 0.5) is 0 Å². The van der Waals surface area contributed by atoms with Crippen molar-refractivity contribution < 1.29 is 4.74 Å². The molecule has 0 bridgehead atoms. The highest BCUT2D eigenvalue weighted by Crippen LogP contribution is 2.17. The molecule has 29 heavy (non-hydrogen) atoms. The van der Waals surface area contributed by atoms with E-state index in [4.69, 9.17) is 4.74 Å². The number of hydrogen-bond acceptors (Lipinski definition) is 3. The molecule has 0 saturated carbocycles. The minimum atomic E-state index is 0. The molecule has 0 aliphatic rings. The summed E-state index contributed by atoms with van der Waals surface area (Å²) < 4.78 is 7.82. The largest absolute Gasteiger partial charge is 0.494 e. The van der Waals surface area contributed by atoms with Crippen molar-refractivity contribution >= 4 is 29.9 Å². The molecule has 6 nitrogen and oxygen atoms in total. The van der Waals surface area contributed by atoms with Crippen molar-refractivity contribution in [3.8, 4) is 5.75 Å². The second kappa shape index (κ2) is 12.1. The fourth-order valence-corrected chi connectivity index (χ4v) is 2.94. The fraction of sp³-hybridized carbons (Fsp3) is 0.273. The van der Waals surface area contributed by atoms with Crippen molar-refractivity contribution in [1.29, 1.82) is 0 Å². The van der Waals surface area contributed by atoms with Gasteiger partial charge in [0, 0.05) is 38.1 Å². The average molecular weight is 505 g/mol. The van der Waals surface area contributed by atoms with Crippen molar-refractivity contribution in [3.05, 3.63) is 83.9 Å². The summed E-state index contributed by atoms with van der Waals surface area (Å²) in [5.74, 6) is 2.58. The van der Waals surface area contributed by atoms with E-state index in [2.05, 4.69) is 55.5 Å².